The first-order valence-corrected chi connectivity index (χ1v) is 6.01. The Morgan fingerprint density at radius 3 is 2.94 bits per heavy atom. The molecule has 2 aromatic heterocycles. The Bertz CT molecular complexity index is 429. The third-order valence-corrected chi connectivity index (χ3v) is 3.34. The van der Waals surface area contributed by atoms with E-state index >= 15 is 0 Å². The summed E-state index contributed by atoms with van der Waals surface area (Å²) in [6.45, 7) is 3.14. The van der Waals surface area contributed by atoms with E-state index in [0.29, 0.717) is 5.92 Å². The van der Waals surface area contributed by atoms with Crippen LogP contribution in [0.5, 0.6) is 0 Å². The molecule has 0 amide bonds. The number of rotatable bonds is 3. The minimum Gasteiger partial charge on any atom is -0.449 e. The number of aromatic nitrogens is 3. The van der Waals surface area contributed by atoms with E-state index in [4.69, 9.17) is 4.42 Å². The first-order valence-electron chi connectivity index (χ1n) is 6.01. The Hall–Kier alpha value is -1.62. The molecule has 0 radical (unpaired) electrons. The van der Waals surface area contributed by atoms with Gasteiger partial charge in [0.1, 0.15) is 6.26 Å². The molecule has 1 aliphatic rings. The molecule has 5 nitrogen and oxygen atoms in total. The highest BCUT2D eigenvalue weighted by Crippen LogP contribution is 2.27. The summed E-state index contributed by atoms with van der Waals surface area (Å²) >= 11 is 0. The SMILES string of the molecule is c1coc(C2CCN(Cc3cnc[nH]3)CC2)n1. The van der Waals surface area contributed by atoms with Gasteiger partial charge in [-0.1, -0.05) is 0 Å². The lowest BCUT2D eigenvalue weighted by Crippen LogP contribution is -2.32. The zero-order valence-corrected chi connectivity index (χ0v) is 9.67. The summed E-state index contributed by atoms with van der Waals surface area (Å²) in [5, 5.41) is 0. The zero-order valence-electron chi connectivity index (χ0n) is 9.67. The zero-order chi connectivity index (χ0) is 11.5. The van der Waals surface area contributed by atoms with Crippen molar-refractivity contribution in [3.05, 3.63) is 36.6 Å². The molecule has 0 unspecified atom stereocenters. The van der Waals surface area contributed by atoms with Crippen LogP contribution in [0.2, 0.25) is 0 Å². The third-order valence-electron chi connectivity index (χ3n) is 3.34. The van der Waals surface area contributed by atoms with Gasteiger partial charge in [0.15, 0.2) is 5.89 Å². The number of H-pyrrole nitrogens is 1. The molecule has 0 atom stereocenters. The minimum atomic E-state index is 0.489. The Morgan fingerprint density at radius 1 is 1.41 bits per heavy atom. The normalized spacial score (nSPS) is 18.6. The quantitative estimate of drug-likeness (QED) is 0.876. The van der Waals surface area contributed by atoms with Crippen molar-refractivity contribution in [3.63, 3.8) is 0 Å². The highest BCUT2D eigenvalue weighted by Gasteiger charge is 2.23. The fourth-order valence-electron chi connectivity index (χ4n) is 2.39. The molecule has 0 aliphatic carbocycles. The molecule has 90 valence electrons. The van der Waals surface area contributed by atoms with E-state index in [1.54, 1.807) is 18.8 Å². The molecule has 1 aliphatic heterocycles. The van der Waals surface area contributed by atoms with Crippen LogP contribution in [-0.4, -0.2) is 32.9 Å². The van der Waals surface area contributed by atoms with Crippen LogP contribution in [-0.2, 0) is 6.54 Å². The van der Waals surface area contributed by atoms with Crippen LogP contribution >= 0.6 is 0 Å². The second-order valence-electron chi connectivity index (χ2n) is 4.50. The van der Waals surface area contributed by atoms with Gasteiger partial charge in [0, 0.05) is 24.4 Å². The van der Waals surface area contributed by atoms with Crippen LogP contribution in [0.4, 0.5) is 0 Å². The second kappa shape index (κ2) is 4.71. The number of piperidine rings is 1. The van der Waals surface area contributed by atoms with Crippen LogP contribution in [0.25, 0.3) is 0 Å². The monoisotopic (exact) mass is 232 g/mol. The largest absolute Gasteiger partial charge is 0.449 e. The van der Waals surface area contributed by atoms with Crippen molar-refractivity contribution >= 4 is 0 Å². The Balaban J connectivity index is 1.54. The van der Waals surface area contributed by atoms with E-state index in [9.17, 15) is 0 Å². The van der Waals surface area contributed by atoms with Gasteiger partial charge in [-0.3, -0.25) is 4.90 Å². The van der Waals surface area contributed by atoms with Crippen molar-refractivity contribution in [2.75, 3.05) is 13.1 Å². The first kappa shape index (κ1) is 10.5. The van der Waals surface area contributed by atoms with Gasteiger partial charge in [0.25, 0.3) is 0 Å². The van der Waals surface area contributed by atoms with Gasteiger partial charge in [0.2, 0.25) is 0 Å². The molecular formula is C12H16N4O. The third kappa shape index (κ3) is 2.39. The standard InChI is InChI=1S/C12H16N4O/c1-4-16(8-11-7-13-9-15-11)5-2-10(1)12-14-3-6-17-12/h3,6-7,9-10H,1-2,4-5,8H2,(H,13,15). The summed E-state index contributed by atoms with van der Waals surface area (Å²) in [5.74, 6) is 1.38. The molecule has 0 saturated carbocycles. The Kier molecular flexibility index (Phi) is 2.92. The lowest BCUT2D eigenvalue weighted by atomic mass is 9.97. The number of imidazole rings is 1. The van der Waals surface area contributed by atoms with Crippen molar-refractivity contribution in [2.24, 2.45) is 0 Å². The van der Waals surface area contributed by atoms with Gasteiger partial charge in [-0.2, -0.15) is 0 Å². The summed E-state index contributed by atoms with van der Waals surface area (Å²) in [6, 6.07) is 0. The summed E-state index contributed by atoms with van der Waals surface area (Å²) in [5.41, 5.74) is 1.18. The molecule has 1 fully saturated rings. The van der Waals surface area contributed by atoms with Gasteiger partial charge >= 0.3 is 0 Å². The van der Waals surface area contributed by atoms with Crippen molar-refractivity contribution in [1.82, 2.24) is 19.9 Å². The molecule has 0 aromatic carbocycles. The molecule has 0 spiro atoms. The highest BCUT2D eigenvalue weighted by atomic mass is 16.3. The average molecular weight is 232 g/mol. The van der Waals surface area contributed by atoms with E-state index in [1.165, 1.54) is 5.69 Å². The molecule has 0 bridgehead atoms. The van der Waals surface area contributed by atoms with Crippen LogP contribution < -0.4 is 0 Å². The van der Waals surface area contributed by atoms with Crippen LogP contribution in [0.15, 0.2) is 29.4 Å². The lowest BCUT2D eigenvalue weighted by molar-refractivity contribution is 0.191. The number of hydrogen-bond acceptors (Lipinski definition) is 4. The van der Waals surface area contributed by atoms with Gasteiger partial charge in [-0.05, 0) is 25.9 Å². The molecule has 3 rings (SSSR count). The van der Waals surface area contributed by atoms with E-state index in [2.05, 4.69) is 19.9 Å². The Labute approximate surface area is 99.9 Å². The maximum Gasteiger partial charge on any atom is 0.197 e. The summed E-state index contributed by atoms with van der Waals surface area (Å²) in [7, 11) is 0. The summed E-state index contributed by atoms with van der Waals surface area (Å²) in [6.07, 6.45) is 9.25. The maximum absolute atomic E-state index is 5.37. The first-order chi connectivity index (χ1) is 8.42. The van der Waals surface area contributed by atoms with Crippen molar-refractivity contribution in [3.8, 4) is 0 Å². The van der Waals surface area contributed by atoms with Gasteiger partial charge in [-0.15, -0.1) is 0 Å². The average Bonchev–Trinajstić information content (AvgIpc) is 3.01. The molecule has 3 heterocycles. The van der Waals surface area contributed by atoms with E-state index in [-0.39, 0.29) is 0 Å². The molecule has 2 aromatic rings. The van der Waals surface area contributed by atoms with Gasteiger partial charge < -0.3 is 9.40 Å². The predicted molar refractivity (Wildman–Crippen MR) is 62.3 cm³/mol. The number of hydrogen-bond donors (Lipinski definition) is 1. The maximum atomic E-state index is 5.37. The van der Waals surface area contributed by atoms with E-state index in [1.807, 2.05) is 6.20 Å². The molecule has 1 N–H and O–H groups in total. The van der Waals surface area contributed by atoms with Crippen LogP contribution in [0.1, 0.15) is 30.3 Å². The second-order valence-corrected chi connectivity index (χ2v) is 4.50. The van der Waals surface area contributed by atoms with Gasteiger partial charge in [-0.25, -0.2) is 9.97 Å². The lowest BCUT2D eigenvalue weighted by Gasteiger charge is -2.29. The summed E-state index contributed by atoms with van der Waals surface area (Å²) < 4.78 is 5.37. The Morgan fingerprint density at radius 2 is 2.29 bits per heavy atom. The number of nitrogens with one attached hydrogen (secondary N) is 1. The molecule has 17 heavy (non-hydrogen) atoms. The highest BCUT2D eigenvalue weighted by molar-refractivity contribution is 4.98. The van der Waals surface area contributed by atoms with E-state index < -0.39 is 0 Å². The molecule has 5 heteroatoms. The molecular weight excluding hydrogens is 216 g/mol. The van der Waals surface area contributed by atoms with Gasteiger partial charge in [0.05, 0.1) is 12.5 Å². The number of aromatic amines is 1. The van der Waals surface area contributed by atoms with Crippen molar-refractivity contribution < 1.29 is 4.42 Å². The van der Waals surface area contributed by atoms with Crippen molar-refractivity contribution in [2.45, 2.75) is 25.3 Å². The number of oxazole rings is 1. The van der Waals surface area contributed by atoms with Crippen LogP contribution in [0.3, 0.4) is 0 Å². The topological polar surface area (TPSA) is 58.0 Å². The minimum absolute atomic E-state index is 0.489. The number of nitrogens with zero attached hydrogens (tertiary/aromatic N) is 3. The van der Waals surface area contributed by atoms with Crippen molar-refractivity contribution in [1.29, 1.82) is 0 Å². The smallest absolute Gasteiger partial charge is 0.197 e. The fourth-order valence-corrected chi connectivity index (χ4v) is 2.39. The number of likely N-dealkylation sites (tertiary alicyclic amines) is 1. The fraction of sp³-hybridized carbons (Fsp3) is 0.500. The predicted octanol–water partition coefficient (Wildman–Crippen LogP) is 1.78. The summed E-state index contributed by atoms with van der Waals surface area (Å²) in [4.78, 5) is 13.9. The van der Waals surface area contributed by atoms with E-state index in [0.717, 1.165) is 38.4 Å². The molecule has 1 saturated heterocycles. The van der Waals surface area contributed by atoms with Crippen LogP contribution in [0, 0.1) is 0 Å².